The minimum atomic E-state index is 0.465. The third kappa shape index (κ3) is 6.24. The van der Waals surface area contributed by atoms with Crippen molar-refractivity contribution in [1.82, 2.24) is 0 Å². The third-order valence-electron chi connectivity index (χ3n) is 5.06. The number of hydrogen-bond acceptors (Lipinski definition) is 0. The van der Waals surface area contributed by atoms with Gasteiger partial charge in [0.05, 0.1) is 0 Å². The summed E-state index contributed by atoms with van der Waals surface area (Å²) in [6, 6.07) is 8.64. The van der Waals surface area contributed by atoms with Crippen molar-refractivity contribution in [3.05, 3.63) is 88.1 Å². The van der Waals surface area contributed by atoms with Crippen LogP contribution in [0.15, 0.2) is 76.9 Å². The van der Waals surface area contributed by atoms with Crippen molar-refractivity contribution in [2.45, 2.75) is 62.3 Å². The van der Waals surface area contributed by atoms with E-state index in [9.17, 15) is 0 Å². The largest absolute Gasteiger partial charge is 0.0779 e. The molecule has 27 heavy (non-hydrogen) atoms. The molecule has 0 N–H and O–H groups in total. The van der Waals surface area contributed by atoms with Gasteiger partial charge in [-0.1, -0.05) is 89.3 Å². The standard InChI is InChI=1S/C25H32.C2H6/c1-17(2)24(25-15-18(3)11-10-13-20(25)5)16-21(6)22(7)23-14-9-8-12-19(23)4;1-2/h8-18H,1-7H3;1-2H3/b22-21+,24-16+;. The van der Waals surface area contributed by atoms with Crippen molar-refractivity contribution >= 4 is 5.57 Å². The molecule has 0 heteroatoms. The molecular formula is C27H38. The Kier molecular flexibility index (Phi) is 9.29. The summed E-state index contributed by atoms with van der Waals surface area (Å²) in [5.74, 6) is 0.951. The van der Waals surface area contributed by atoms with Crippen molar-refractivity contribution < 1.29 is 0 Å². The number of aryl methyl sites for hydroxylation is 1. The van der Waals surface area contributed by atoms with Gasteiger partial charge in [0.1, 0.15) is 0 Å². The zero-order valence-electron chi connectivity index (χ0n) is 18.9. The predicted octanol–water partition coefficient (Wildman–Crippen LogP) is 8.48. The summed E-state index contributed by atoms with van der Waals surface area (Å²) < 4.78 is 0. The van der Waals surface area contributed by atoms with Gasteiger partial charge in [0.2, 0.25) is 0 Å². The second-order valence-corrected chi connectivity index (χ2v) is 7.55. The van der Waals surface area contributed by atoms with Crippen LogP contribution in [0, 0.1) is 18.8 Å². The Labute approximate surface area is 168 Å². The van der Waals surface area contributed by atoms with Gasteiger partial charge in [-0.2, -0.15) is 0 Å². The Hall–Kier alpha value is -2.08. The van der Waals surface area contributed by atoms with Gasteiger partial charge >= 0.3 is 0 Å². The first kappa shape index (κ1) is 23.0. The van der Waals surface area contributed by atoms with Crippen molar-refractivity contribution in [3.63, 3.8) is 0 Å². The Bertz CT molecular complexity index is 776. The van der Waals surface area contributed by atoms with Crippen LogP contribution in [0.3, 0.4) is 0 Å². The van der Waals surface area contributed by atoms with Crippen molar-refractivity contribution in [2.24, 2.45) is 11.8 Å². The molecule has 0 radical (unpaired) electrons. The molecule has 0 spiro atoms. The lowest BCUT2D eigenvalue weighted by molar-refractivity contribution is 0.773. The molecule has 1 unspecified atom stereocenters. The lowest BCUT2D eigenvalue weighted by Crippen LogP contribution is -2.02. The minimum Gasteiger partial charge on any atom is -0.0779 e. The number of rotatable bonds is 4. The molecule has 0 bridgehead atoms. The summed E-state index contributed by atoms with van der Waals surface area (Å²) in [6.45, 7) is 19.7. The molecule has 1 aliphatic rings. The lowest BCUT2D eigenvalue weighted by Gasteiger charge is -2.19. The van der Waals surface area contributed by atoms with Gasteiger partial charge in [0.15, 0.2) is 0 Å². The zero-order chi connectivity index (χ0) is 20.6. The van der Waals surface area contributed by atoms with Crippen LogP contribution in [0.25, 0.3) is 5.57 Å². The van der Waals surface area contributed by atoms with Crippen LogP contribution in [0.1, 0.15) is 66.5 Å². The molecule has 0 aliphatic heterocycles. The van der Waals surface area contributed by atoms with Crippen LogP contribution in [-0.2, 0) is 0 Å². The molecule has 0 aromatic heterocycles. The Morgan fingerprint density at radius 1 is 1.04 bits per heavy atom. The number of benzene rings is 1. The normalized spacial score (nSPS) is 18.1. The van der Waals surface area contributed by atoms with E-state index >= 15 is 0 Å². The second kappa shape index (κ2) is 10.9. The van der Waals surface area contributed by atoms with Crippen LogP contribution < -0.4 is 0 Å². The Morgan fingerprint density at radius 3 is 2.26 bits per heavy atom. The van der Waals surface area contributed by atoms with E-state index < -0.39 is 0 Å². The third-order valence-corrected chi connectivity index (χ3v) is 5.06. The highest BCUT2D eigenvalue weighted by atomic mass is 14.2. The van der Waals surface area contributed by atoms with Crippen molar-refractivity contribution in [2.75, 3.05) is 0 Å². The van der Waals surface area contributed by atoms with Crippen LogP contribution in [0.4, 0.5) is 0 Å². The fraction of sp³-hybridized carbons (Fsp3) is 0.407. The molecule has 0 saturated carbocycles. The topological polar surface area (TPSA) is 0 Å². The summed E-state index contributed by atoms with van der Waals surface area (Å²) in [7, 11) is 0. The van der Waals surface area contributed by atoms with Crippen LogP contribution in [-0.4, -0.2) is 0 Å². The Morgan fingerprint density at radius 2 is 1.67 bits per heavy atom. The first-order valence-corrected chi connectivity index (χ1v) is 10.3. The molecule has 1 atom stereocenters. The van der Waals surface area contributed by atoms with E-state index in [1.165, 1.54) is 39.0 Å². The highest BCUT2D eigenvalue weighted by Crippen LogP contribution is 2.32. The van der Waals surface area contributed by atoms with E-state index in [1.54, 1.807) is 0 Å². The molecule has 0 nitrogen and oxygen atoms in total. The van der Waals surface area contributed by atoms with Crippen LogP contribution in [0.2, 0.25) is 0 Å². The highest BCUT2D eigenvalue weighted by Gasteiger charge is 2.14. The van der Waals surface area contributed by atoms with E-state index in [4.69, 9.17) is 0 Å². The fourth-order valence-corrected chi connectivity index (χ4v) is 3.34. The van der Waals surface area contributed by atoms with Gasteiger partial charge in [0, 0.05) is 0 Å². The summed E-state index contributed by atoms with van der Waals surface area (Å²) in [5, 5.41) is 0. The molecule has 2 rings (SSSR count). The van der Waals surface area contributed by atoms with Crippen LogP contribution in [0.5, 0.6) is 0 Å². The van der Waals surface area contributed by atoms with Gasteiger partial charge in [-0.15, -0.1) is 0 Å². The summed E-state index contributed by atoms with van der Waals surface area (Å²) in [6.07, 6.45) is 11.5. The first-order valence-electron chi connectivity index (χ1n) is 10.3. The number of allylic oxidation sites excluding steroid dienone is 10. The number of hydrogen-bond donors (Lipinski definition) is 0. The molecule has 1 aliphatic carbocycles. The van der Waals surface area contributed by atoms with Gasteiger partial charge < -0.3 is 0 Å². The SMILES string of the molecule is CC.CC1=CC=CC(C)C=C1/C(=C/C(C)=C(\C)c1ccccc1C)C(C)C. The van der Waals surface area contributed by atoms with E-state index in [0.29, 0.717) is 11.8 Å². The van der Waals surface area contributed by atoms with Gasteiger partial charge in [0.25, 0.3) is 0 Å². The molecule has 1 aromatic rings. The highest BCUT2D eigenvalue weighted by molar-refractivity contribution is 5.71. The quantitative estimate of drug-likeness (QED) is 0.471. The summed E-state index contributed by atoms with van der Waals surface area (Å²) >= 11 is 0. The second-order valence-electron chi connectivity index (χ2n) is 7.55. The van der Waals surface area contributed by atoms with Gasteiger partial charge in [-0.3, -0.25) is 0 Å². The Balaban J connectivity index is 0.00000176. The lowest BCUT2D eigenvalue weighted by atomic mass is 9.86. The molecule has 0 heterocycles. The fourth-order valence-electron chi connectivity index (χ4n) is 3.34. The van der Waals surface area contributed by atoms with Gasteiger partial charge in [-0.25, -0.2) is 0 Å². The molecule has 0 amide bonds. The smallest absolute Gasteiger partial charge is 0.00696 e. The predicted molar refractivity (Wildman–Crippen MR) is 124 cm³/mol. The monoisotopic (exact) mass is 362 g/mol. The van der Waals surface area contributed by atoms with Crippen LogP contribution >= 0.6 is 0 Å². The van der Waals surface area contributed by atoms with Gasteiger partial charge in [-0.05, 0) is 78.5 Å². The average Bonchev–Trinajstić information content (AvgIpc) is 2.81. The molecule has 146 valence electrons. The summed E-state index contributed by atoms with van der Waals surface area (Å²) in [5.41, 5.74) is 9.55. The van der Waals surface area contributed by atoms with E-state index in [1.807, 2.05) is 13.8 Å². The molecule has 1 aromatic carbocycles. The first-order chi connectivity index (χ1) is 12.8. The zero-order valence-corrected chi connectivity index (χ0v) is 18.9. The summed E-state index contributed by atoms with van der Waals surface area (Å²) in [4.78, 5) is 0. The maximum absolute atomic E-state index is 2.40. The van der Waals surface area contributed by atoms with E-state index in [-0.39, 0.29) is 0 Å². The minimum absolute atomic E-state index is 0.465. The van der Waals surface area contributed by atoms with E-state index in [0.717, 1.165) is 0 Å². The molecular weight excluding hydrogens is 324 g/mol. The molecule has 0 fully saturated rings. The molecule has 0 saturated heterocycles. The maximum Gasteiger partial charge on any atom is -0.00696 e. The maximum atomic E-state index is 2.40. The average molecular weight is 363 g/mol. The van der Waals surface area contributed by atoms with E-state index in [2.05, 4.69) is 103 Å². The van der Waals surface area contributed by atoms with Crippen molar-refractivity contribution in [1.29, 1.82) is 0 Å². The van der Waals surface area contributed by atoms with Crippen molar-refractivity contribution in [3.8, 4) is 0 Å².